The number of aryl methyl sites for hydroxylation is 1. The van der Waals surface area contributed by atoms with Crippen LogP contribution in [0.1, 0.15) is 31.7 Å². The first-order valence-corrected chi connectivity index (χ1v) is 11.2. The van der Waals surface area contributed by atoms with E-state index >= 15 is 0 Å². The minimum atomic E-state index is -0.0844. The van der Waals surface area contributed by atoms with E-state index in [1.54, 1.807) is 17.0 Å². The molecule has 0 N–H and O–H groups in total. The SMILES string of the molecule is C[C@H]1Cc2ccccc2N1C1CCN(C(=O)CCn2cnc3ccccc3c2=O)CC1. The van der Waals surface area contributed by atoms with Gasteiger partial charge >= 0.3 is 0 Å². The second-order valence-electron chi connectivity index (χ2n) is 8.71. The maximum absolute atomic E-state index is 12.8. The molecule has 6 heteroatoms. The number of para-hydroxylation sites is 2. The van der Waals surface area contributed by atoms with Crippen LogP contribution < -0.4 is 10.5 Å². The fraction of sp³-hybridized carbons (Fsp3) is 0.400. The second-order valence-corrected chi connectivity index (χ2v) is 8.71. The van der Waals surface area contributed by atoms with Crippen molar-refractivity contribution < 1.29 is 4.79 Å². The predicted molar refractivity (Wildman–Crippen MR) is 122 cm³/mol. The number of carbonyl (C=O) groups is 1. The number of likely N-dealkylation sites (tertiary alicyclic amines) is 1. The predicted octanol–water partition coefficient (Wildman–Crippen LogP) is 3.23. The minimum Gasteiger partial charge on any atom is -0.365 e. The van der Waals surface area contributed by atoms with E-state index < -0.39 is 0 Å². The molecular weight excluding hydrogens is 388 g/mol. The number of amides is 1. The van der Waals surface area contributed by atoms with Crippen LogP contribution in [0.5, 0.6) is 0 Å². The van der Waals surface area contributed by atoms with Crippen LogP contribution in [-0.4, -0.2) is 45.5 Å². The van der Waals surface area contributed by atoms with Gasteiger partial charge in [0, 0.05) is 43.8 Å². The third kappa shape index (κ3) is 3.71. The smallest absolute Gasteiger partial charge is 0.261 e. The molecule has 0 radical (unpaired) electrons. The van der Waals surface area contributed by atoms with Crippen molar-refractivity contribution in [2.24, 2.45) is 0 Å². The maximum atomic E-state index is 12.8. The Morgan fingerprint density at radius 2 is 1.81 bits per heavy atom. The summed E-state index contributed by atoms with van der Waals surface area (Å²) in [4.78, 5) is 34.3. The quantitative estimate of drug-likeness (QED) is 0.655. The molecule has 1 aromatic heterocycles. The van der Waals surface area contributed by atoms with E-state index in [1.807, 2.05) is 23.1 Å². The number of carbonyl (C=O) groups excluding carboxylic acids is 1. The highest BCUT2D eigenvalue weighted by Crippen LogP contribution is 2.36. The molecule has 0 unspecified atom stereocenters. The fourth-order valence-corrected chi connectivity index (χ4v) is 5.18. The lowest BCUT2D eigenvalue weighted by Crippen LogP contribution is -2.48. The highest BCUT2D eigenvalue weighted by Gasteiger charge is 2.34. The van der Waals surface area contributed by atoms with Gasteiger partial charge in [0.25, 0.3) is 5.56 Å². The minimum absolute atomic E-state index is 0.0844. The van der Waals surface area contributed by atoms with E-state index in [0.29, 0.717) is 36.0 Å². The molecule has 0 spiro atoms. The summed E-state index contributed by atoms with van der Waals surface area (Å²) < 4.78 is 1.55. The monoisotopic (exact) mass is 416 g/mol. The number of piperidine rings is 1. The molecule has 5 rings (SSSR count). The molecule has 0 bridgehead atoms. The third-order valence-corrected chi connectivity index (χ3v) is 6.77. The van der Waals surface area contributed by atoms with Crippen LogP contribution in [0, 0.1) is 0 Å². The van der Waals surface area contributed by atoms with Crippen molar-refractivity contribution in [1.82, 2.24) is 14.5 Å². The molecule has 6 nitrogen and oxygen atoms in total. The zero-order chi connectivity index (χ0) is 21.4. The normalized spacial score (nSPS) is 19.1. The Bertz CT molecular complexity index is 1160. The maximum Gasteiger partial charge on any atom is 0.261 e. The number of rotatable bonds is 4. The summed E-state index contributed by atoms with van der Waals surface area (Å²) in [6, 6.07) is 17.0. The molecule has 160 valence electrons. The number of nitrogens with zero attached hydrogens (tertiary/aromatic N) is 4. The van der Waals surface area contributed by atoms with Crippen LogP contribution in [0.15, 0.2) is 59.7 Å². The van der Waals surface area contributed by atoms with Gasteiger partial charge in [-0.05, 0) is 49.9 Å². The van der Waals surface area contributed by atoms with Crippen LogP contribution in [0.4, 0.5) is 5.69 Å². The van der Waals surface area contributed by atoms with Gasteiger partial charge in [-0.3, -0.25) is 14.2 Å². The zero-order valence-corrected chi connectivity index (χ0v) is 17.9. The van der Waals surface area contributed by atoms with Crippen molar-refractivity contribution in [3.05, 3.63) is 70.8 Å². The Labute approximate surface area is 182 Å². The summed E-state index contributed by atoms with van der Waals surface area (Å²) >= 11 is 0. The van der Waals surface area contributed by atoms with Crippen LogP contribution in [0.3, 0.4) is 0 Å². The average Bonchev–Trinajstić information content (AvgIpc) is 3.14. The average molecular weight is 417 g/mol. The van der Waals surface area contributed by atoms with Gasteiger partial charge in [-0.2, -0.15) is 0 Å². The molecule has 3 aromatic rings. The van der Waals surface area contributed by atoms with Gasteiger partial charge in [0.2, 0.25) is 5.91 Å². The molecule has 0 saturated carbocycles. The first-order valence-electron chi connectivity index (χ1n) is 11.2. The van der Waals surface area contributed by atoms with E-state index in [-0.39, 0.29) is 11.5 Å². The fourth-order valence-electron chi connectivity index (χ4n) is 5.18. The Hall–Kier alpha value is -3.15. The Kier molecular flexibility index (Phi) is 5.22. The van der Waals surface area contributed by atoms with Crippen molar-refractivity contribution in [2.75, 3.05) is 18.0 Å². The molecule has 1 saturated heterocycles. The summed E-state index contributed by atoms with van der Waals surface area (Å²) in [6.45, 7) is 4.22. The van der Waals surface area contributed by atoms with Crippen molar-refractivity contribution in [3.8, 4) is 0 Å². The molecule has 2 aliphatic heterocycles. The summed E-state index contributed by atoms with van der Waals surface area (Å²) in [5, 5.41) is 0.596. The lowest BCUT2D eigenvalue weighted by molar-refractivity contribution is -0.132. The van der Waals surface area contributed by atoms with E-state index in [4.69, 9.17) is 0 Å². The molecule has 31 heavy (non-hydrogen) atoms. The van der Waals surface area contributed by atoms with E-state index in [2.05, 4.69) is 41.1 Å². The Morgan fingerprint density at radius 1 is 1.06 bits per heavy atom. The van der Waals surface area contributed by atoms with Crippen molar-refractivity contribution in [3.63, 3.8) is 0 Å². The van der Waals surface area contributed by atoms with Crippen molar-refractivity contribution in [1.29, 1.82) is 0 Å². The van der Waals surface area contributed by atoms with E-state index in [0.717, 1.165) is 32.4 Å². The molecular formula is C25H28N4O2. The molecule has 1 fully saturated rings. The van der Waals surface area contributed by atoms with E-state index in [1.165, 1.54) is 11.3 Å². The van der Waals surface area contributed by atoms with Crippen LogP contribution in [-0.2, 0) is 17.8 Å². The highest BCUT2D eigenvalue weighted by molar-refractivity contribution is 5.77. The number of hydrogen-bond donors (Lipinski definition) is 0. The summed E-state index contributed by atoms with van der Waals surface area (Å²) in [6.07, 6.45) is 4.96. The van der Waals surface area contributed by atoms with Crippen LogP contribution in [0.2, 0.25) is 0 Å². The Morgan fingerprint density at radius 3 is 2.65 bits per heavy atom. The molecule has 1 amide bonds. The van der Waals surface area contributed by atoms with Crippen LogP contribution in [0.25, 0.3) is 10.9 Å². The molecule has 2 aromatic carbocycles. The highest BCUT2D eigenvalue weighted by atomic mass is 16.2. The van der Waals surface area contributed by atoms with Crippen LogP contribution >= 0.6 is 0 Å². The molecule has 0 aliphatic carbocycles. The summed E-state index contributed by atoms with van der Waals surface area (Å²) in [7, 11) is 0. The molecule has 2 aliphatic rings. The molecule has 3 heterocycles. The summed E-state index contributed by atoms with van der Waals surface area (Å²) in [5.41, 5.74) is 3.40. The standard InChI is InChI=1S/C25H28N4O2/c1-18-16-19-6-2-5-9-23(19)29(18)20-10-13-27(14-11-20)24(30)12-15-28-17-26-22-8-4-3-7-21(22)25(28)31/h2-9,17-18,20H,10-16H2,1H3/t18-/m0/s1. The number of hydrogen-bond acceptors (Lipinski definition) is 4. The van der Waals surface area contributed by atoms with Gasteiger partial charge in [-0.1, -0.05) is 30.3 Å². The lowest BCUT2D eigenvalue weighted by Gasteiger charge is -2.40. The van der Waals surface area contributed by atoms with Gasteiger partial charge in [0.05, 0.1) is 17.2 Å². The lowest BCUT2D eigenvalue weighted by atomic mass is 10.0. The second kappa shape index (κ2) is 8.17. The van der Waals surface area contributed by atoms with Crippen molar-refractivity contribution in [2.45, 2.75) is 51.2 Å². The number of anilines is 1. The van der Waals surface area contributed by atoms with Crippen molar-refractivity contribution >= 4 is 22.5 Å². The van der Waals surface area contributed by atoms with Gasteiger partial charge in [-0.15, -0.1) is 0 Å². The number of aromatic nitrogens is 2. The van der Waals surface area contributed by atoms with Gasteiger partial charge in [0.15, 0.2) is 0 Å². The first kappa shape index (κ1) is 19.8. The van der Waals surface area contributed by atoms with Gasteiger partial charge < -0.3 is 9.80 Å². The number of fused-ring (bicyclic) bond motifs is 2. The van der Waals surface area contributed by atoms with E-state index in [9.17, 15) is 9.59 Å². The Balaban J connectivity index is 1.19. The topological polar surface area (TPSA) is 58.4 Å². The third-order valence-electron chi connectivity index (χ3n) is 6.77. The zero-order valence-electron chi connectivity index (χ0n) is 17.9. The van der Waals surface area contributed by atoms with Gasteiger partial charge in [-0.25, -0.2) is 4.98 Å². The summed E-state index contributed by atoms with van der Waals surface area (Å²) in [5.74, 6) is 0.119. The van der Waals surface area contributed by atoms with Gasteiger partial charge in [0.1, 0.15) is 0 Å². The first-order chi connectivity index (χ1) is 15.1. The number of benzene rings is 2. The largest absolute Gasteiger partial charge is 0.365 e. The molecule has 1 atom stereocenters.